The van der Waals surface area contributed by atoms with Gasteiger partial charge in [0.2, 0.25) is 5.95 Å². The Bertz CT molecular complexity index is 989. The zero-order chi connectivity index (χ0) is 18.8. The molecule has 0 saturated carbocycles. The maximum atomic E-state index is 13.1. The molecule has 0 aliphatic carbocycles. The molecule has 2 aromatic carbocycles. The number of methoxy groups -OCH3 is 1. The highest BCUT2D eigenvalue weighted by Gasteiger charge is 2.31. The molecule has 3 aromatic rings. The van der Waals surface area contributed by atoms with E-state index in [0.29, 0.717) is 11.6 Å². The third kappa shape index (κ3) is 3.33. The first-order valence-electron chi connectivity index (χ1n) is 8.81. The van der Waals surface area contributed by atoms with E-state index in [1.807, 2.05) is 47.4 Å². The van der Waals surface area contributed by atoms with Crippen LogP contribution >= 0.6 is 0 Å². The van der Waals surface area contributed by atoms with E-state index in [2.05, 4.69) is 28.3 Å². The quantitative estimate of drug-likeness (QED) is 0.766. The third-order valence-corrected chi connectivity index (χ3v) is 4.63. The second kappa shape index (κ2) is 7.07. The average Bonchev–Trinajstić information content (AvgIpc) is 3.03. The fraction of sp³-hybridized carbons (Fsp3) is 0.190. The molecule has 0 saturated heterocycles. The van der Waals surface area contributed by atoms with Crippen molar-refractivity contribution < 1.29 is 9.53 Å². The molecule has 136 valence electrons. The van der Waals surface area contributed by atoms with Crippen molar-refractivity contribution >= 4 is 23.2 Å². The molecule has 1 aromatic heterocycles. The Morgan fingerprint density at radius 2 is 2.04 bits per heavy atom. The van der Waals surface area contributed by atoms with Gasteiger partial charge in [-0.2, -0.15) is 0 Å². The Balaban J connectivity index is 1.60. The molecule has 6 heteroatoms. The topological polar surface area (TPSA) is 67.3 Å². The second-order valence-electron chi connectivity index (χ2n) is 6.48. The minimum Gasteiger partial charge on any atom is -0.497 e. The van der Waals surface area contributed by atoms with Crippen LogP contribution in [0, 0.1) is 0 Å². The number of nitrogens with one attached hydrogen (secondary N) is 1. The van der Waals surface area contributed by atoms with E-state index in [-0.39, 0.29) is 11.9 Å². The van der Waals surface area contributed by atoms with Crippen LogP contribution < -0.4 is 15.0 Å². The Labute approximate surface area is 157 Å². The van der Waals surface area contributed by atoms with Crippen molar-refractivity contribution in [3.63, 3.8) is 0 Å². The van der Waals surface area contributed by atoms with E-state index in [1.165, 1.54) is 5.56 Å². The summed E-state index contributed by atoms with van der Waals surface area (Å²) in [7, 11) is 1.62. The smallest absolute Gasteiger partial charge is 0.277 e. The first-order chi connectivity index (χ1) is 13.2. The maximum absolute atomic E-state index is 13.1. The summed E-state index contributed by atoms with van der Waals surface area (Å²) in [5.74, 6) is 0.979. The number of carbonyl (C=O) groups excluding carboxylic acids is 1. The predicted molar refractivity (Wildman–Crippen MR) is 105 cm³/mol. The highest BCUT2D eigenvalue weighted by Crippen LogP contribution is 2.32. The lowest BCUT2D eigenvalue weighted by molar-refractivity contribution is 0.0976. The Kier molecular flexibility index (Phi) is 4.46. The van der Waals surface area contributed by atoms with E-state index >= 15 is 0 Å². The molecule has 2 heterocycles. The number of anilines is 3. The predicted octanol–water partition coefficient (Wildman–Crippen LogP) is 3.82. The normalized spacial score (nSPS) is 15.3. The molecule has 27 heavy (non-hydrogen) atoms. The lowest BCUT2D eigenvalue weighted by Crippen LogP contribution is -2.36. The summed E-state index contributed by atoms with van der Waals surface area (Å²) in [5, 5.41) is 3.12. The largest absolute Gasteiger partial charge is 0.497 e. The maximum Gasteiger partial charge on any atom is 0.277 e. The minimum absolute atomic E-state index is 0.0969. The number of amides is 1. The SMILES string of the molecule is COc1cccc(Nc2nccc(C(=O)N3c4ccccc4CC3C)n2)c1. The summed E-state index contributed by atoms with van der Waals surface area (Å²) in [6.07, 6.45) is 2.44. The molecule has 0 fully saturated rings. The summed E-state index contributed by atoms with van der Waals surface area (Å²) in [6, 6.07) is 17.2. The van der Waals surface area contributed by atoms with Crippen molar-refractivity contribution in [1.29, 1.82) is 0 Å². The fourth-order valence-corrected chi connectivity index (χ4v) is 3.37. The standard InChI is InChI=1S/C21H20N4O2/c1-14-12-15-6-3-4-9-19(15)25(14)20(26)18-10-11-22-21(24-18)23-16-7-5-8-17(13-16)27-2/h3-11,13-14H,12H2,1-2H3,(H,22,23,24). The van der Waals surface area contributed by atoms with E-state index in [9.17, 15) is 4.79 Å². The number of carbonyl (C=O) groups is 1. The number of aromatic nitrogens is 2. The van der Waals surface area contributed by atoms with Gasteiger partial charge in [-0.15, -0.1) is 0 Å². The van der Waals surface area contributed by atoms with Gasteiger partial charge >= 0.3 is 0 Å². The summed E-state index contributed by atoms with van der Waals surface area (Å²) in [4.78, 5) is 23.6. The van der Waals surface area contributed by atoms with E-state index in [4.69, 9.17) is 4.74 Å². The van der Waals surface area contributed by atoms with Gasteiger partial charge in [-0.1, -0.05) is 24.3 Å². The van der Waals surface area contributed by atoms with Crippen LogP contribution in [0.15, 0.2) is 60.8 Å². The lowest BCUT2D eigenvalue weighted by Gasteiger charge is -2.22. The average molecular weight is 360 g/mol. The van der Waals surface area contributed by atoms with Crippen molar-refractivity contribution in [3.8, 4) is 5.75 Å². The van der Waals surface area contributed by atoms with Gasteiger partial charge < -0.3 is 15.0 Å². The van der Waals surface area contributed by atoms with E-state index in [0.717, 1.165) is 23.5 Å². The number of hydrogen-bond donors (Lipinski definition) is 1. The van der Waals surface area contributed by atoms with Crippen LogP contribution in [-0.4, -0.2) is 29.0 Å². The molecule has 1 unspecified atom stereocenters. The van der Waals surface area contributed by atoms with Gasteiger partial charge in [-0.05, 0) is 43.2 Å². The number of fused-ring (bicyclic) bond motifs is 1. The number of para-hydroxylation sites is 1. The van der Waals surface area contributed by atoms with Gasteiger partial charge in [0.1, 0.15) is 11.4 Å². The molecule has 1 N–H and O–H groups in total. The molecule has 1 amide bonds. The van der Waals surface area contributed by atoms with Crippen LogP contribution in [0.2, 0.25) is 0 Å². The summed E-state index contributed by atoms with van der Waals surface area (Å²) >= 11 is 0. The number of ether oxygens (including phenoxy) is 1. The van der Waals surface area contributed by atoms with Gasteiger partial charge in [0, 0.05) is 29.7 Å². The molecule has 0 spiro atoms. The number of nitrogens with zero attached hydrogens (tertiary/aromatic N) is 3. The van der Waals surface area contributed by atoms with Crippen LogP contribution in [-0.2, 0) is 6.42 Å². The van der Waals surface area contributed by atoms with Crippen LogP contribution in [0.5, 0.6) is 5.75 Å². The van der Waals surface area contributed by atoms with Crippen molar-refractivity contribution in [2.75, 3.05) is 17.3 Å². The van der Waals surface area contributed by atoms with Crippen LogP contribution in [0.3, 0.4) is 0 Å². The molecule has 1 aliphatic rings. The molecule has 1 aliphatic heterocycles. The second-order valence-corrected chi connectivity index (χ2v) is 6.48. The first-order valence-corrected chi connectivity index (χ1v) is 8.81. The highest BCUT2D eigenvalue weighted by atomic mass is 16.5. The third-order valence-electron chi connectivity index (χ3n) is 4.63. The van der Waals surface area contributed by atoms with Crippen LogP contribution in [0.1, 0.15) is 23.0 Å². The van der Waals surface area contributed by atoms with Gasteiger partial charge in [-0.25, -0.2) is 9.97 Å². The number of rotatable bonds is 4. The zero-order valence-electron chi connectivity index (χ0n) is 15.2. The summed E-state index contributed by atoms with van der Waals surface area (Å²) in [6.45, 7) is 2.05. The van der Waals surface area contributed by atoms with E-state index in [1.54, 1.807) is 19.4 Å². The van der Waals surface area contributed by atoms with Gasteiger partial charge in [0.25, 0.3) is 5.91 Å². The van der Waals surface area contributed by atoms with Crippen molar-refractivity contribution in [2.45, 2.75) is 19.4 Å². The van der Waals surface area contributed by atoms with Crippen LogP contribution in [0.25, 0.3) is 0 Å². The molecular weight excluding hydrogens is 340 g/mol. The zero-order valence-corrected chi connectivity index (χ0v) is 15.2. The van der Waals surface area contributed by atoms with E-state index < -0.39 is 0 Å². The molecule has 4 rings (SSSR count). The number of benzene rings is 2. The first kappa shape index (κ1) is 17.0. The monoisotopic (exact) mass is 360 g/mol. The van der Waals surface area contributed by atoms with Crippen molar-refractivity contribution in [1.82, 2.24) is 9.97 Å². The summed E-state index contributed by atoms with van der Waals surface area (Å²) < 4.78 is 5.23. The van der Waals surface area contributed by atoms with Gasteiger partial charge in [-0.3, -0.25) is 4.79 Å². The Morgan fingerprint density at radius 1 is 1.19 bits per heavy atom. The highest BCUT2D eigenvalue weighted by molar-refractivity contribution is 6.06. The van der Waals surface area contributed by atoms with Crippen molar-refractivity contribution in [3.05, 3.63) is 72.1 Å². The minimum atomic E-state index is -0.122. The Hall–Kier alpha value is -3.41. The molecule has 6 nitrogen and oxygen atoms in total. The van der Waals surface area contributed by atoms with Crippen LogP contribution in [0.4, 0.5) is 17.3 Å². The van der Waals surface area contributed by atoms with Crippen molar-refractivity contribution in [2.24, 2.45) is 0 Å². The van der Waals surface area contributed by atoms with Gasteiger partial charge in [0.05, 0.1) is 7.11 Å². The Morgan fingerprint density at radius 3 is 2.89 bits per heavy atom. The lowest BCUT2D eigenvalue weighted by atomic mass is 10.1. The molecule has 0 radical (unpaired) electrons. The molecule has 0 bridgehead atoms. The molecule has 1 atom stereocenters. The number of hydrogen-bond acceptors (Lipinski definition) is 5. The summed E-state index contributed by atoms with van der Waals surface area (Å²) in [5.41, 5.74) is 3.29. The molecular formula is C21H20N4O2. The van der Waals surface area contributed by atoms with Gasteiger partial charge in [0.15, 0.2) is 0 Å². The fourth-order valence-electron chi connectivity index (χ4n) is 3.37.